The number of aliphatic carboxylic acids is 1. The molecule has 3 nitrogen and oxygen atoms in total. The maximum absolute atomic E-state index is 13.9. The highest BCUT2D eigenvalue weighted by Gasteiger charge is 2.40. The number of piperidine rings is 1. The van der Waals surface area contributed by atoms with E-state index in [1.807, 2.05) is 42.5 Å². The fraction of sp³-hybridized carbons (Fsp3) is 0.292. The van der Waals surface area contributed by atoms with Crippen molar-refractivity contribution in [3.63, 3.8) is 0 Å². The van der Waals surface area contributed by atoms with E-state index >= 15 is 0 Å². The van der Waals surface area contributed by atoms with Crippen LogP contribution in [0.15, 0.2) is 66.7 Å². The molecule has 0 bridgehead atoms. The summed E-state index contributed by atoms with van der Waals surface area (Å²) in [6.07, 6.45) is -2.60. The van der Waals surface area contributed by atoms with Crippen molar-refractivity contribution in [3.05, 3.63) is 83.4 Å². The fourth-order valence-corrected chi connectivity index (χ4v) is 4.45. The Morgan fingerprint density at radius 2 is 1.67 bits per heavy atom. The Morgan fingerprint density at radius 3 is 2.40 bits per heavy atom. The van der Waals surface area contributed by atoms with Crippen molar-refractivity contribution in [1.29, 1.82) is 0 Å². The second kappa shape index (κ2) is 8.11. The number of carbonyl (C=O) groups is 1. The van der Waals surface area contributed by atoms with Crippen molar-refractivity contribution in [2.45, 2.75) is 37.5 Å². The number of halogens is 3. The summed E-state index contributed by atoms with van der Waals surface area (Å²) >= 11 is 0. The first kappa shape index (κ1) is 20.4. The highest BCUT2D eigenvalue weighted by molar-refractivity contribution is 5.83. The first-order valence-electron chi connectivity index (χ1n) is 9.99. The minimum atomic E-state index is -4.53. The summed E-state index contributed by atoms with van der Waals surface area (Å²) in [5.41, 5.74) is 0.0323. The predicted molar refractivity (Wildman–Crippen MR) is 109 cm³/mol. The molecule has 0 aliphatic carbocycles. The lowest BCUT2D eigenvalue weighted by Gasteiger charge is -2.40. The van der Waals surface area contributed by atoms with Crippen LogP contribution in [0, 0.1) is 0 Å². The van der Waals surface area contributed by atoms with Crippen molar-refractivity contribution in [2.24, 2.45) is 0 Å². The third-order valence-electron chi connectivity index (χ3n) is 5.81. The number of carboxylic acid groups (broad SMARTS) is 1. The molecule has 0 spiro atoms. The maximum Gasteiger partial charge on any atom is 0.416 e. The van der Waals surface area contributed by atoms with E-state index in [1.165, 1.54) is 12.1 Å². The smallest absolute Gasteiger partial charge is 0.416 e. The molecule has 2 unspecified atom stereocenters. The van der Waals surface area contributed by atoms with Gasteiger partial charge >= 0.3 is 12.1 Å². The van der Waals surface area contributed by atoms with Gasteiger partial charge in [0.05, 0.1) is 11.6 Å². The number of alkyl halides is 3. The molecule has 3 aromatic carbocycles. The van der Waals surface area contributed by atoms with Gasteiger partial charge in [-0.3, -0.25) is 9.69 Å². The van der Waals surface area contributed by atoms with Crippen molar-refractivity contribution in [3.8, 4) is 0 Å². The Morgan fingerprint density at radius 1 is 0.967 bits per heavy atom. The minimum Gasteiger partial charge on any atom is -0.480 e. The van der Waals surface area contributed by atoms with Gasteiger partial charge in [-0.15, -0.1) is 0 Å². The summed E-state index contributed by atoms with van der Waals surface area (Å²) in [5.74, 6) is -0.995. The van der Waals surface area contributed by atoms with Gasteiger partial charge in [0.15, 0.2) is 0 Å². The highest BCUT2D eigenvalue weighted by Crippen LogP contribution is 2.41. The van der Waals surface area contributed by atoms with Crippen LogP contribution < -0.4 is 0 Å². The van der Waals surface area contributed by atoms with Crippen LogP contribution in [0.3, 0.4) is 0 Å². The van der Waals surface area contributed by atoms with E-state index in [-0.39, 0.29) is 5.56 Å². The van der Waals surface area contributed by atoms with Gasteiger partial charge in [-0.05, 0) is 53.4 Å². The molecule has 1 fully saturated rings. The molecule has 0 aromatic heterocycles. The third kappa shape index (κ3) is 3.92. The van der Waals surface area contributed by atoms with E-state index in [1.54, 1.807) is 11.0 Å². The average molecular weight is 413 g/mol. The lowest BCUT2D eigenvalue weighted by molar-refractivity contribution is -0.145. The monoisotopic (exact) mass is 413 g/mol. The van der Waals surface area contributed by atoms with Gasteiger partial charge in [-0.25, -0.2) is 0 Å². The number of carboxylic acids is 1. The van der Waals surface area contributed by atoms with Crippen molar-refractivity contribution in [2.75, 3.05) is 6.54 Å². The van der Waals surface area contributed by atoms with E-state index in [9.17, 15) is 23.1 Å². The number of likely N-dealkylation sites (tertiary alicyclic amines) is 1. The van der Waals surface area contributed by atoms with Gasteiger partial charge in [0.25, 0.3) is 0 Å². The lowest BCUT2D eigenvalue weighted by Crippen LogP contribution is -2.47. The van der Waals surface area contributed by atoms with Crippen LogP contribution >= 0.6 is 0 Å². The molecule has 6 heteroatoms. The van der Waals surface area contributed by atoms with E-state index in [0.29, 0.717) is 18.5 Å². The summed E-state index contributed by atoms with van der Waals surface area (Å²) in [6, 6.07) is 17.1. The Balaban J connectivity index is 1.92. The molecular formula is C24H22F3NO2. The Bertz CT molecular complexity index is 1060. The normalized spacial score (nSPS) is 19.0. The summed E-state index contributed by atoms with van der Waals surface area (Å²) < 4.78 is 41.6. The number of hydrogen-bond acceptors (Lipinski definition) is 2. The van der Waals surface area contributed by atoms with Gasteiger partial charge in [0.2, 0.25) is 0 Å². The van der Waals surface area contributed by atoms with Gasteiger partial charge in [0.1, 0.15) is 6.04 Å². The summed E-state index contributed by atoms with van der Waals surface area (Å²) in [4.78, 5) is 13.7. The molecule has 1 saturated heterocycles. The zero-order valence-corrected chi connectivity index (χ0v) is 16.3. The molecule has 3 aromatic rings. The van der Waals surface area contributed by atoms with E-state index in [0.717, 1.165) is 29.7 Å². The summed E-state index contributed by atoms with van der Waals surface area (Å²) in [5, 5.41) is 11.7. The van der Waals surface area contributed by atoms with Crippen molar-refractivity contribution < 1.29 is 23.1 Å². The predicted octanol–water partition coefficient (Wildman–Crippen LogP) is 5.89. The van der Waals surface area contributed by atoms with Crippen LogP contribution in [0.5, 0.6) is 0 Å². The molecule has 4 rings (SSSR count). The van der Waals surface area contributed by atoms with Crippen LogP contribution in [0.25, 0.3) is 10.8 Å². The Labute approximate surface area is 172 Å². The van der Waals surface area contributed by atoms with E-state index in [4.69, 9.17) is 0 Å². The number of fused-ring (bicyclic) bond motifs is 1. The fourth-order valence-electron chi connectivity index (χ4n) is 4.45. The first-order valence-corrected chi connectivity index (χ1v) is 9.99. The summed E-state index contributed by atoms with van der Waals surface area (Å²) in [6.45, 7) is 0.431. The first-order chi connectivity index (χ1) is 14.4. The van der Waals surface area contributed by atoms with Crippen LogP contribution in [-0.2, 0) is 11.0 Å². The Kier molecular flexibility index (Phi) is 5.52. The molecule has 1 N–H and O–H groups in total. The largest absolute Gasteiger partial charge is 0.480 e. The standard InChI is InChI=1S/C24H22F3NO2/c25-24(26,27)20-10-4-3-9-19(20)22(28-14-6-5-11-21(28)23(29)30)18-13-12-16-7-1-2-8-17(16)15-18/h1-4,7-10,12-13,15,21-22H,5-6,11,14H2,(H,29,30). The molecule has 0 saturated carbocycles. The second-order valence-corrected chi connectivity index (χ2v) is 7.68. The number of rotatable bonds is 4. The molecular weight excluding hydrogens is 391 g/mol. The number of benzene rings is 3. The molecule has 0 amide bonds. The van der Waals surface area contributed by atoms with Gasteiger partial charge in [0, 0.05) is 0 Å². The number of nitrogens with zero attached hydrogens (tertiary/aromatic N) is 1. The average Bonchev–Trinajstić information content (AvgIpc) is 2.74. The van der Waals surface area contributed by atoms with Crippen LogP contribution in [-0.4, -0.2) is 28.6 Å². The van der Waals surface area contributed by atoms with Gasteiger partial charge < -0.3 is 5.11 Å². The van der Waals surface area contributed by atoms with E-state index < -0.39 is 29.8 Å². The quantitative estimate of drug-likeness (QED) is 0.580. The molecule has 30 heavy (non-hydrogen) atoms. The number of hydrogen-bond donors (Lipinski definition) is 1. The third-order valence-corrected chi connectivity index (χ3v) is 5.81. The molecule has 1 heterocycles. The Hall–Kier alpha value is -2.86. The topological polar surface area (TPSA) is 40.5 Å². The van der Waals surface area contributed by atoms with Crippen molar-refractivity contribution in [1.82, 2.24) is 4.90 Å². The lowest BCUT2D eigenvalue weighted by atomic mass is 9.88. The van der Waals surface area contributed by atoms with Crippen LogP contribution in [0.4, 0.5) is 13.2 Å². The van der Waals surface area contributed by atoms with Gasteiger partial charge in [-0.2, -0.15) is 13.2 Å². The van der Waals surface area contributed by atoms with E-state index in [2.05, 4.69) is 0 Å². The maximum atomic E-state index is 13.9. The molecule has 1 aliphatic rings. The van der Waals surface area contributed by atoms with Crippen LogP contribution in [0.1, 0.15) is 42.0 Å². The van der Waals surface area contributed by atoms with Crippen molar-refractivity contribution >= 4 is 16.7 Å². The SMILES string of the molecule is O=C(O)C1CCCCN1C(c1ccc2ccccc2c1)c1ccccc1C(F)(F)F. The highest BCUT2D eigenvalue weighted by atomic mass is 19.4. The van der Waals surface area contributed by atoms with Crippen LogP contribution in [0.2, 0.25) is 0 Å². The molecule has 2 atom stereocenters. The summed E-state index contributed by atoms with van der Waals surface area (Å²) in [7, 11) is 0. The second-order valence-electron chi connectivity index (χ2n) is 7.68. The van der Waals surface area contributed by atoms with Gasteiger partial charge in [-0.1, -0.05) is 61.0 Å². The molecule has 1 aliphatic heterocycles. The zero-order valence-electron chi connectivity index (χ0n) is 16.3. The molecule has 156 valence electrons. The zero-order chi connectivity index (χ0) is 21.3. The molecule has 0 radical (unpaired) electrons. The minimum absolute atomic E-state index is 0.0911.